The van der Waals surface area contributed by atoms with E-state index in [1.54, 1.807) is 75.5 Å². The molecule has 1 aliphatic rings. The van der Waals surface area contributed by atoms with Crippen molar-refractivity contribution >= 4 is 44.9 Å². The van der Waals surface area contributed by atoms with Crippen LogP contribution in [0, 0.1) is 11.5 Å². The molecular formula is C27H31Cl2N3O5S. The van der Waals surface area contributed by atoms with Crippen LogP contribution >= 0.6 is 23.2 Å². The molecule has 3 rings (SSSR count). The zero-order valence-electron chi connectivity index (χ0n) is 21.6. The molecule has 1 N–H and O–H groups in total. The minimum atomic E-state index is -3.63. The molecule has 1 aliphatic heterocycles. The Hall–Kier alpha value is -2.64. The molecule has 204 valence electrons. The first-order valence-corrected chi connectivity index (χ1v) is 14.6. The van der Waals surface area contributed by atoms with Crippen LogP contribution in [0.25, 0.3) is 0 Å². The van der Waals surface area contributed by atoms with Gasteiger partial charge in [-0.05, 0) is 62.6 Å². The Labute approximate surface area is 233 Å². The molecule has 11 heteroatoms. The highest BCUT2D eigenvalue weighted by Gasteiger charge is 2.48. The molecule has 0 aromatic heterocycles. The van der Waals surface area contributed by atoms with Gasteiger partial charge in [0.25, 0.3) is 5.91 Å². The number of carbonyl (C=O) groups is 2. The maximum Gasteiger partial charge on any atom is 0.253 e. The summed E-state index contributed by atoms with van der Waals surface area (Å²) in [6.45, 7) is 6.68. The van der Waals surface area contributed by atoms with Crippen molar-refractivity contribution in [1.82, 2.24) is 10.2 Å². The van der Waals surface area contributed by atoms with E-state index in [4.69, 9.17) is 33.2 Å². The third-order valence-electron chi connectivity index (χ3n) is 6.59. The first kappa shape index (κ1) is 29.9. The van der Waals surface area contributed by atoms with Gasteiger partial charge in [-0.3, -0.25) is 14.9 Å². The van der Waals surface area contributed by atoms with E-state index >= 15 is 0 Å². The summed E-state index contributed by atoms with van der Waals surface area (Å²) in [7, 11) is -3.63. The van der Waals surface area contributed by atoms with Gasteiger partial charge in [0.2, 0.25) is 5.91 Å². The van der Waals surface area contributed by atoms with E-state index in [9.17, 15) is 18.0 Å². The molecular weight excluding hydrogens is 549 g/mol. The lowest BCUT2D eigenvalue weighted by atomic mass is 9.89. The normalized spacial score (nSPS) is 21.0. The molecule has 0 saturated carbocycles. The van der Waals surface area contributed by atoms with Gasteiger partial charge in [-0.15, -0.1) is 0 Å². The molecule has 1 heterocycles. The van der Waals surface area contributed by atoms with E-state index in [0.29, 0.717) is 27.6 Å². The van der Waals surface area contributed by atoms with Crippen molar-refractivity contribution in [2.75, 3.05) is 5.75 Å². The highest BCUT2D eigenvalue weighted by Crippen LogP contribution is 2.45. The molecule has 1 saturated heterocycles. The number of carbonyl (C=O) groups excluding carboxylic acids is 2. The number of rotatable bonds is 8. The Kier molecular flexibility index (Phi) is 9.48. The van der Waals surface area contributed by atoms with Crippen molar-refractivity contribution in [1.29, 1.82) is 5.26 Å². The molecule has 2 aromatic rings. The molecule has 1 fully saturated rings. The van der Waals surface area contributed by atoms with Crippen LogP contribution in [0.2, 0.25) is 10.0 Å². The smallest absolute Gasteiger partial charge is 0.253 e. The maximum atomic E-state index is 14.0. The van der Waals surface area contributed by atoms with Crippen LogP contribution in [0.3, 0.4) is 0 Å². The second kappa shape index (κ2) is 12.0. The van der Waals surface area contributed by atoms with E-state index in [1.165, 1.54) is 4.90 Å². The molecule has 2 aromatic carbocycles. The number of hydrogen-bond donors (Lipinski definition) is 1. The lowest BCUT2D eigenvalue weighted by Crippen LogP contribution is -2.57. The summed E-state index contributed by atoms with van der Waals surface area (Å²) in [6, 6.07) is 12.4. The van der Waals surface area contributed by atoms with Gasteiger partial charge in [0.05, 0.1) is 23.0 Å². The van der Waals surface area contributed by atoms with Crippen molar-refractivity contribution in [3.05, 3.63) is 69.7 Å². The highest BCUT2D eigenvalue weighted by atomic mass is 35.5. The maximum absolute atomic E-state index is 14.0. The third-order valence-corrected chi connectivity index (χ3v) is 9.77. The summed E-state index contributed by atoms with van der Waals surface area (Å²) in [5, 5.41) is 11.9. The number of nitrogens with zero attached hydrogens (tertiary/aromatic N) is 2. The van der Waals surface area contributed by atoms with E-state index < -0.39 is 57.1 Å². The lowest BCUT2D eigenvalue weighted by Gasteiger charge is -2.48. The number of nitriles is 1. The molecule has 0 bridgehead atoms. The van der Waals surface area contributed by atoms with Gasteiger partial charge >= 0.3 is 0 Å². The Morgan fingerprint density at radius 2 is 1.79 bits per heavy atom. The second-order valence-corrected chi connectivity index (χ2v) is 13.8. The summed E-state index contributed by atoms with van der Waals surface area (Å²) in [6.07, 6.45) is -0.544. The lowest BCUT2D eigenvalue weighted by molar-refractivity contribution is -0.180. The average molecular weight is 581 g/mol. The van der Waals surface area contributed by atoms with Crippen LogP contribution < -0.4 is 5.32 Å². The monoisotopic (exact) mass is 579 g/mol. The van der Waals surface area contributed by atoms with Gasteiger partial charge in [-0.1, -0.05) is 54.4 Å². The minimum absolute atomic E-state index is 0.276. The third kappa shape index (κ3) is 6.67. The number of nitrogens with one attached hydrogen (secondary N) is 1. The number of amides is 2. The summed E-state index contributed by atoms with van der Waals surface area (Å²) in [5.41, 5.74) is 1.33. The Bertz CT molecular complexity index is 1320. The zero-order chi connectivity index (χ0) is 28.3. The van der Waals surface area contributed by atoms with E-state index in [2.05, 4.69) is 0 Å². The van der Waals surface area contributed by atoms with Gasteiger partial charge in [-0.2, -0.15) is 5.26 Å². The summed E-state index contributed by atoms with van der Waals surface area (Å²) in [4.78, 5) is 27.9. The Morgan fingerprint density at radius 3 is 2.34 bits per heavy atom. The molecule has 0 aliphatic carbocycles. The van der Waals surface area contributed by atoms with E-state index in [0.717, 1.165) is 0 Å². The van der Waals surface area contributed by atoms with Crippen molar-refractivity contribution in [3.8, 4) is 6.19 Å². The van der Waals surface area contributed by atoms with Crippen molar-refractivity contribution in [2.24, 2.45) is 0 Å². The van der Waals surface area contributed by atoms with Gasteiger partial charge in [-0.25, -0.2) is 8.42 Å². The largest absolute Gasteiger partial charge is 0.357 e. The van der Waals surface area contributed by atoms with E-state index in [-0.39, 0.29) is 5.75 Å². The quantitative estimate of drug-likeness (QED) is 0.348. The topological polar surface area (TPSA) is 117 Å². The zero-order valence-corrected chi connectivity index (χ0v) is 24.0. The first-order valence-electron chi connectivity index (χ1n) is 12.2. The summed E-state index contributed by atoms with van der Waals surface area (Å²) >= 11 is 12.4. The fourth-order valence-corrected chi connectivity index (χ4v) is 6.15. The molecule has 8 nitrogen and oxygen atoms in total. The van der Waals surface area contributed by atoms with Crippen molar-refractivity contribution in [2.45, 2.75) is 69.6 Å². The molecule has 0 radical (unpaired) electrons. The standard InChI is InChI=1S/C27H31Cl2N3O5S/c1-5-21(15-38(35,36)27(2,3)4)32-24(17-9-11-19(28)12-10-17)25(18-7-6-8-20(29)13-18)37-22(26(32)34)14-23(33)31-16-30/h6-13,21-22,24-25H,5,14-15H2,1-4H3,(H,31,33)/t21-,22+,24+,25+/m0/s1. The van der Waals surface area contributed by atoms with Crippen LogP contribution in [0.15, 0.2) is 48.5 Å². The minimum Gasteiger partial charge on any atom is -0.357 e. The van der Waals surface area contributed by atoms with Crippen LogP contribution in [0.5, 0.6) is 0 Å². The number of sulfone groups is 1. The van der Waals surface area contributed by atoms with E-state index in [1.807, 2.05) is 12.2 Å². The number of benzene rings is 2. The van der Waals surface area contributed by atoms with Gasteiger partial charge in [0.15, 0.2) is 16.0 Å². The van der Waals surface area contributed by atoms with Crippen molar-refractivity contribution < 1.29 is 22.7 Å². The summed E-state index contributed by atoms with van der Waals surface area (Å²) < 4.78 is 31.8. The van der Waals surface area contributed by atoms with Gasteiger partial charge < -0.3 is 9.64 Å². The molecule has 0 spiro atoms. The van der Waals surface area contributed by atoms with Crippen LogP contribution in [0.1, 0.15) is 63.8 Å². The van der Waals surface area contributed by atoms with Crippen molar-refractivity contribution in [3.63, 3.8) is 0 Å². The number of ether oxygens (including phenoxy) is 1. The average Bonchev–Trinajstić information content (AvgIpc) is 2.83. The second-order valence-electron chi connectivity index (χ2n) is 10.2. The molecule has 2 amide bonds. The number of hydrogen-bond acceptors (Lipinski definition) is 6. The predicted octanol–water partition coefficient (Wildman–Crippen LogP) is 4.98. The van der Waals surface area contributed by atoms with Gasteiger partial charge in [0, 0.05) is 16.1 Å². The van der Waals surface area contributed by atoms with Crippen LogP contribution in [0.4, 0.5) is 0 Å². The first-order chi connectivity index (χ1) is 17.8. The van der Waals surface area contributed by atoms with Crippen LogP contribution in [-0.2, 0) is 24.2 Å². The molecule has 4 atom stereocenters. The van der Waals surface area contributed by atoms with Crippen LogP contribution in [-0.4, -0.2) is 47.8 Å². The fraction of sp³-hybridized carbons (Fsp3) is 0.444. The number of halogens is 2. The number of morpholine rings is 1. The SMILES string of the molecule is CC[C@@H](CS(=O)(=O)C(C)(C)C)N1C(=O)[C@@H](CC(=O)NC#N)O[C@H](c2cccc(Cl)c2)[C@H]1c1ccc(Cl)cc1. The summed E-state index contributed by atoms with van der Waals surface area (Å²) in [5.74, 6) is -1.49. The molecule has 38 heavy (non-hydrogen) atoms. The Balaban J connectivity index is 2.21. The highest BCUT2D eigenvalue weighted by molar-refractivity contribution is 7.92. The molecule has 0 unspecified atom stereocenters. The van der Waals surface area contributed by atoms with Gasteiger partial charge in [0.1, 0.15) is 12.2 Å². The predicted molar refractivity (Wildman–Crippen MR) is 146 cm³/mol. The Morgan fingerprint density at radius 1 is 1.13 bits per heavy atom. The fourth-order valence-electron chi connectivity index (χ4n) is 4.42.